The molecular weight excluding hydrogens is 264 g/mol. The molecule has 1 nitrogen and oxygen atoms in total. The topological polar surface area (TPSA) is 9.23 Å². The Morgan fingerprint density at radius 1 is 1.25 bits per heavy atom. The normalized spacial score (nSPS) is 12.9. The molecule has 0 saturated heterocycles. The highest BCUT2D eigenvalue weighted by molar-refractivity contribution is 9.09. The second-order valence-electron chi connectivity index (χ2n) is 4.75. The third kappa shape index (κ3) is 3.82. The second-order valence-corrected chi connectivity index (χ2v) is 5.40. The zero-order chi connectivity index (χ0) is 12.1. The number of halogens is 1. The van der Waals surface area contributed by atoms with Crippen molar-refractivity contribution in [1.29, 1.82) is 0 Å². The van der Waals surface area contributed by atoms with Crippen molar-refractivity contribution in [3.63, 3.8) is 0 Å². The molecule has 1 unspecified atom stereocenters. The first-order valence-electron chi connectivity index (χ1n) is 5.84. The Hall–Kier alpha value is -0.500. The van der Waals surface area contributed by atoms with Gasteiger partial charge in [0.05, 0.1) is 6.61 Å². The van der Waals surface area contributed by atoms with Crippen LogP contribution < -0.4 is 4.74 Å². The molecule has 0 aliphatic rings. The van der Waals surface area contributed by atoms with Crippen molar-refractivity contribution in [2.24, 2.45) is 5.92 Å². The Morgan fingerprint density at radius 3 is 2.50 bits per heavy atom. The first kappa shape index (κ1) is 13.6. The molecule has 90 valence electrons. The maximum Gasteiger partial charge on any atom is 0.122 e. The Balaban J connectivity index is 2.74. The fourth-order valence-corrected chi connectivity index (χ4v) is 1.59. The number of hydrogen-bond acceptors (Lipinski definition) is 1. The van der Waals surface area contributed by atoms with E-state index in [2.05, 4.69) is 61.8 Å². The van der Waals surface area contributed by atoms with E-state index in [-0.39, 0.29) is 0 Å². The molecule has 1 aromatic carbocycles. The first-order chi connectivity index (χ1) is 7.54. The zero-order valence-electron chi connectivity index (χ0n) is 10.6. The van der Waals surface area contributed by atoms with Gasteiger partial charge in [0.1, 0.15) is 5.75 Å². The van der Waals surface area contributed by atoms with Crippen molar-refractivity contribution in [3.05, 3.63) is 29.3 Å². The fourth-order valence-electron chi connectivity index (χ4n) is 1.41. The van der Waals surface area contributed by atoms with Crippen LogP contribution in [0.1, 0.15) is 37.8 Å². The Labute approximate surface area is 107 Å². The zero-order valence-corrected chi connectivity index (χ0v) is 12.2. The van der Waals surface area contributed by atoms with Crippen molar-refractivity contribution in [2.45, 2.75) is 33.6 Å². The summed E-state index contributed by atoms with van der Waals surface area (Å²) in [5.74, 6) is 2.12. The predicted molar refractivity (Wildman–Crippen MR) is 73.7 cm³/mol. The van der Waals surface area contributed by atoms with Crippen LogP contribution in [0.15, 0.2) is 18.2 Å². The molecule has 0 aliphatic carbocycles. The highest BCUT2D eigenvalue weighted by atomic mass is 79.9. The average molecular weight is 285 g/mol. The van der Waals surface area contributed by atoms with E-state index in [1.54, 1.807) is 0 Å². The van der Waals surface area contributed by atoms with Gasteiger partial charge in [-0.3, -0.25) is 0 Å². The van der Waals surface area contributed by atoms with Gasteiger partial charge in [-0.05, 0) is 36.0 Å². The molecule has 0 bridgehead atoms. The van der Waals surface area contributed by atoms with Gasteiger partial charge in [-0.15, -0.1) is 0 Å². The molecule has 0 aromatic heterocycles. The molecule has 1 aromatic rings. The highest BCUT2D eigenvalue weighted by Crippen LogP contribution is 2.24. The van der Waals surface area contributed by atoms with Gasteiger partial charge in [0.15, 0.2) is 0 Å². The molecule has 0 saturated carbocycles. The molecule has 16 heavy (non-hydrogen) atoms. The average Bonchev–Trinajstić information content (AvgIpc) is 2.27. The number of alkyl halides is 1. The lowest BCUT2D eigenvalue weighted by Gasteiger charge is -2.14. The van der Waals surface area contributed by atoms with Gasteiger partial charge in [-0.2, -0.15) is 0 Å². The van der Waals surface area contributed by atoms with Gasteiger partial charge in [-0.1, -0.05) is 48.8 Å². The lowest BCUT2D eigenvalue weighted by atomic mass is 10.0. The molecule has 0 radical (unpaired) electrons. The van der Waals surface area contributed by atoms with E-state index in [1.165, 1.54) is 11.1 Å². The van der Waals surface area contributed by atoms with Gasteiger partial charge in [-0.25, -0.2) is 0 Å². The summed E-state index contributed by atoms with van der Waals surface area (Å²) in [6.07, 6.45) is 0. The van der Waals surface area contributed by atoms with Gasteiger partial charge < -0.3 is 4.74 Å². The molecule has 2 heteroatoms. The van der Waals surface area contributed by atoms with Crippen LogP contribution >= 0.6 is 15.9 Å². The van der Waals surface area contributed by atoms with Crippen LogP contribution in [0.5, 0.6) is 5.75 Å². The molecule has 0 spiro atoms. The lowest BCUT2D eigenvalue weighted by Crippen LogP contribution is -2.10. The summed E-state index contributed by atoms with van der Waals surface area (Å²) >= 11 is 3.46. The number of ether oxygens (including phenoxy) is 1. The molecular formula is C14H21BrO. The molecule has 0 N–H and O–H groups in total. The number of aryl methyl sites for hydroxylation is 1. The Kier molecular flexibility index (Phi) is 5.33. The van der Waals surface area contributed by atoms with E-state index in [9.17, 15) is 0 Å². The maximum absolute atomic E-state index is 5.85. The SMILES string of the molecule is Cc1ccc(C(C)C)cc1OCC(C)CBr. The number of hydrogen-bond donors (Lipinski definition) is 0. The van der Waals surface area contributed by atoms with E-state index in [4.69, 9.17) is 4.74 Å². The van der Waals surface area contributed by atoms with Crippen molar-refractivity contribution in [2.75, 3.05) is 11.9 Å². The largest absolute Gasteiger partial charge is 0.493 e. The number of benzene rings is 1. The van der Waals surface area contributed by atoms with Gasteiger partial charge in [0.25, 0.3) is 0 Å². The molecule has 1 atom stereocenters. The predicted octanol–water partition coefficient (Wildman–Crippen LogP) is 4.53. The Morgan fingerprint density at radius 2 is 1.94 bits per heavy atom. The second kappa shape index (κ2) is 6.29. The van der Waals surface area contributed by atoms with E-state index < -0.39 is 0 Å². The van der Waals surface area contributed by atoms with E-state index in [0.29, 0.717) is 11.8 Å². The lowest BCUT2D eigenvalue weighted by molar-refractivity contribution is 0.272. The molecule has 0 aliphatic heterocycles. The van der Waals surface area contributed by atoms with Crippen LogP contribution in [0.25, 0.3) is 0 Å². The molecule has 0 amide bonds. The minimum Gasteiger partial charge on any atom is -0.493 e. The van der Waals surface area contributed by atoms with Crippen LogP contribution in [0.4, 0.5) is 0 Å². The monoisotopic (exact) mass is 284 g/mol. The molecule has 0 heterocycles. The van der Waals surface area contributed by atoms with Crippen LogP contribution in [0.3, 0.4) is 0 Å². The van der Waals surface area contributed by atoms with Gasteiger partial charge in [0, 0.05) is 5.33 Å². The minimum atomic E-state index is 0.544. The van der Waals surface area contributed by atoms with Crippen LogP contribution in [-0.2, 0) is 0 Å². The summed E-state index contributed by atoms with van der Waals surface area (Å²) in [5, 5.41) is 0.982. The molecule has 1 rings (SSSR count). The van der Waals surface area contributed by atoms with E-state index in [1.807, 2.05) is 0 Å². The quantitative estimate of drug-likeness (QED) is 0.722. The van der Waals surface area contributed by atoms with Crippen LogP contribution in [0, 0.1) is 12.8 Å². The number of rotatable bonds is 5. The van der Waals surface area contributed by atoms with Crippen LogP contribution in [0.2, 0.25) is 0 Å². The summed E-state index contributed by atoms with van der Waals surface area (Å²) in [5.41, 5.74) is 2.55. The van der Waals surface area contributed by atoms with Crippen molar-refractivity contribution in [1.82, 2.24) is 0 Å². The fraction of sp³-hybridized carbons (Fsp3) is 0.571. The van der Waals surface area contributed by atoms with Crippen LogP contribution in [-0.4, -0.2) is 11.9 Å². The maximum atomic E-state index is 5.85. The van der Waals surface area contributed by atoms with Gasteiger partial charge in [0.2, 0.25) is 0 Å². The third-order valence-corrected chi connectivity index (χ3v) is 3.77. The van der Waals surface area contributed by atoms with E-state index >= 15 is 0 Å². The van der Waals surface area contributed by atoms with Crippen molar-refractivity contribution < 1.29 is 4.74 Å². The summed E-state index contributed by atoms with van der Waals surface area (Å²) in [6.45, 7) is 9.45. The Bertz CT molecular complexity index is 334. The minimum absolute atomic E-state index is 0.544. The summed E-state index contributed by atoms with van der Waals surface area (Å²) in [7, 11) is 0. The standard InChI is InChI=1S/C14H21BrO/c1-10(2)13-6-5-12(4)14(7-13)16-9-11(3)8-15/h5-7,10-11H,8-9H2,1-4H3. The third-order valence-electron chi connectivity index (χ3n) is 2.67. The van der Waals surface area contributed by atoms with E-state index in [0.717, 1.165) is 17.7 Å². The molecule has 0 fully saturated rings. The van der Waals surface area contributed by atoms with Crippen molar-refractivity contribution in [3.8, 4) is 5.75 Å². The summed E-state index contributed by atoms with van der Waals surface area (Å²) < 4.78 is 5.85. The highest BCUT2D eigenvalue weighted by Gasteiger charge is 2.06. The smallest absolute Gasteiger partial charge is 0.122 e. The summed E-state index contributed by atoms with van der Waals surface area (Å²) in [4.78, 5) is 0. The summed E-state index contributed by atoms with van der Waals surface area (Å²) in [6, 6.07) is 6.49. The van der Waals surface area contributed by atoms with Crippen molar-refractivity contribution >= 4 is 15.9 Å². The first-order valence-corrected chi connectivity index (χ1v) is 6.96. The van der Waals surface area contributed by atoms with Gasteiger partial charge >= 0.3 is 0 Å².